The molecule has 1 N–H and O–H groups in total. The zero-order valence-corrected chi connectivity index (χ0v) is 14.6. The summed E-state index contributed by atoms with van der Waals surface area (Å²) in [5.41, 5.74) is 2.48. The first-order valence-corrected chi connectivity index (χ1v) is 9.26. The van der Waals surface area contributed by atoms with Gasteiger partial charge < -0.3 is 5.11 Å². The SMILES string of the molecule is CCC(CO)N(Cc1ccsc1)Cc1nc(C(C)C)cs1. The predicted octanol–water partition coefficient (Wildman–Crippen LogP) is 4.10. The van der Waals surface area contributed by atoms with Gasteiger partial charge in [0.15, 0.2) is 0 Å². The van der Waals surface area contributed by atoms with Crippen LogP contribution in [0.5, 0.6) is 0 Å². The van der Waals surface area contributed by atoms with Crippen molar-refractivity contribution in [1.82, 2.24) is 9.88 Å². The Kier molecular flexibility index (Phi) is 6.36. The molecule has 0 bridgehead atoms. The summed E-state index contributed by atoms with van der Waals surface area (Å²) in [7, 11) is 0. The first-order chi connectivity index (χ1) is 10.1. The number of aliphatic hydroxyl groups is 1. The minimum atomic E-state index is 0.191. The lowest BCUT2D eigenvalue weighted by Gasteiger charge is -2.28. The van der Waals surface area contributed by atoms with Crippen molar-refractivity contribution in [2.75, 3.05) is 6.61 Å². The van der Waals surface area contributed by atoms with Gasteiger partial charge in [-0.3, -0.25) is 4.90 Å². The summed E-state index contributed by atoms with van der Waals surface area (Å²) in [6.07, 6.45) is 0.947. The fourth-order valence-electron chi connectivity index (χ4n) is 2.27. The second kappa shape index (κ2) is 8.03. The Morgan fingerprint density at radius 3 is 2.62 bits per heavy atom. The van der Waals surface area contributed by atoms with Gasteiger partial charge in [-0.2, -0.15) is 11.3 Å². The quantitative estimate of drug-likeness (QED) is 0.794. The smallest absolute Gasteiger partial charge is 0.107 e. The van der Waals surface area contributed by atoms with Crippen LogP contribution in [-0.2, 0) is 13.1 Å². The fourth-order valence-corrected chi connectivity index (χ4v) is 3.91. The van der Waals surface area contributed by atoms with Gasteiger partial charge in [-0.05, 0) is 34.7 Å². The van der Waals surface area contributed by atoms with Gasteiger partial charge in [-0.15, -0.1) is 11.3 Å². The van der Waals surface area contributed by atoms with Crippen LogP contribution in [0.3, 0.4) is 0 Å². The molecule has 1 atom stereocenters. The molecule has 3 nitrogen and oxygen atoms in total. The molecule has 2 aromatic rings. The molecule has 116 valence electrons. The van der Waals surface area contributed by atoms with Crippen LogP contribution in [0.2, 0.25) is 0 Å². The third kappa shape index (κ3) is 4.61. The van der Waals surface area contributed by atoms with E-state index < -0.39 is 0 Å². The Morgan fingerprint density at radius 1 is 1.29 bits per heavy atom. The standard InChI is InChI=1S/C16H24N2OS2/c1-4-14(9-19)18(7-13-5-6-20-10-13)8-16-17-15(11-21-16)12(2)3/h5-6,10-12,14,19H,4,7-9H2,1-3H3. The highest BCUT2D eigenvalue weighted by Crippen LogP contribution is 2.22. The van der Waals surface area contributed by atoms with E-state index in [0.29, 0.717) is 5.92 Å². The lowest BCUT2D eigenvalue weighted by molar-refractivity contribution is 0.107. The highest BCUT2D eigenvalue weighted by Gasteiger charge is 2.19. The number of rotatable bonds is 8. The highest BCUT2D eigenvalue weighted by molar-refractivity contribution is 7.09. The van der Waals surface area contributed by atoms with E-state index >= 15 is 0 Å². The zero-order chi connectivity index (χ0) is 15.2. The average Bonchev–Trinajstić information content (AvgIpc) is 3.11. The zero-order valence-electron chi connectivity index (χ0n) is 13.0. The Labute approximate surface area is 135 Å². The third-order valence-corrected chi connectivity index (χ3v) is 5.25. The van der Waals surface area contributed by atoms with Crippen LogP contribution in [0.4, 0.5) is 0 Å². The van der Waals surface area contributed by atoms with Crippen LogP contribution in [-0.4, -0.2) is 27.6 Å². The van der Waals surface area contributed by atoms with Crippen molar-refractivity contribution in [2.45, 2.75) is 52.2 Å². The predicted molar refractivity (Wildman–Crippen MR) is 90.9 cm³/mol. The number of hydrogen-bond donors (Lipinski definition) is 1. The molecule has 0 aromatic carbocycles. The second-order valence-electron chi connectivity index (χ2n) is 5.60. The van der Waals surface area contributed by atoms with E-state index in [-0.39, 0.29) is 12.6 Å². The highest BCUT2D eigenvalue weighted by atomic mass is 32.1. The molecule has 0 radical (unpaired) electrons. The normalized spacial score (nSPS) is 13.2. The van der Waals surface area contributed by atoms with E-state index in [9.17, 15) is 5.11 Å². The monoisotopic (exact) mass is 324 g/mol. The van der Waals surface area contributed by atoms with Crippen LogP contribution in [0, 0.1) is 0 Å². The van der Waals surface area contributed by atoms with E-state index in [1.165, 1.54) is 11.3 Å². The molecule has 0 spiro atoms. The van der Waals surface area contributed by atoms with E-state index in [4.69, 9.17) is 4.98 Å². The number of aliphatic hydroxyl groups excluding tert-OH is 1. The van der Waals surface area contributed by atoms with Crippen LogP contribution in [0.15, 0.2) is 22.2 Å². The van der Waals surface area contributed by atoms with Crippen molar-refractivity contribution in [3.63, 3.8) is 0 Å². The van der Waals surface area contributed by atoms with Gasteiger partial charge in [0.05, 0.1) is 18.8 Å². The molecule has 0 aliphatic carbocycles. The van der Waals surface area contributed by atoms with Crippen LogP contribution in [0.1, 0.15) is 49.4 Å². The van der Waals surface area contributed by atoms with Crippen molar-refractivity contribution < 1.29 is 5.11 Å². The minimum Gasteiger partial charge on any atom is -0.395 e. The molecule has 2 aromatic heterocycles. The summed E-state index contributed by atoms with van der Waals surface area (Å²) in [5.74, 6) is 0.472. The Bertz CT molecular complexity index is 518. The van der Waals surface area contributed by atoms with Crippen molar-refractivity contribution in [1.29, 1.82) is 0 Å². The molecule has 0 saturated heterocycles. The molecule has 0 saturated carbocycles. The van der Waals surface area contributed by atoms with Gasteiger partial charge in [0.25, 0.3) is 0 Å². The molecule has 21 heavy (non-hydrogen) atoms. The maximum atomic E-state index is 9.64. The van der Waals surface area contributed by atoms with Gasteiger partial charge in [0, 0.05) is 18.0 Å². The summed E-state index contributed by atoms with van der Waals surface area (Å²) in [5, 5.41) is 17.2. The number of thiophene rings is 1. The van der Waals surface area contributed by atoms with Crippen LogP contribution in [0.25, 0.3) is 0 Å². The van der Waals surface area contributed by atoms with Crippen molar-refractivity contribution in [3.8, 4) is 0 Å². The molecule has 5 heteroatoms. The summed E-state index contributed by atoms with van der Waals surface area (Å²) >= 11 is 3.45. The maximum Gasteiger partial charge on any atom is 0.107 e. The molecular weight excluding hydrogens is 300 g/mol. The maximum absolute atomic E-state index is 9.64. The van der Waals surface area contributed by atoms with Gasteiger partial charge in [-0.25, -0.2) is 4.98 Å². The number of hydrogen-bond acceptors (Lipinski definition) is 5. The molecule has 2 heterocycles. The Morgan fingerprint density at radius 2 is 2.10 bits per heavy atom. The first kappa shape index (κ1) is 16.6. The molecular formula is C16H24N2OS2. The Hall–Kier alpha value is -0.750. The molecule has 0 fully saturated rings. The number of nitrogens with zero attached hydrogens (tertiary/aromatic N) is 2. The number of thiazole rings is 1. The van der Waals surface area contributed by atoms with E-state index in [1.807, 2.05) is 0 Å². The molecule has 0 aliphatic rings. The van der Waals surface area contributed by atoms with E-state index in [1.54, 1.807) is 22.7 Å². The molecule has 0 aliphatic heterocycles. The topological polar surface area (TPSA) is 36.4 Å². The van der Waals surface area contributed by atoms with Gasteiger partial charge in [0.2, 0.25) is 0 Å². The van der Waals surface area contributed by atoms with Gasteiger partial charge in [-0.1, -0.05) is 20.8 Å². The largest absolute Gasteiger partial charge is 0.395 e. The van der Waals surface area contributed by atoms with Crippen molar-refractivity contribution in [3.05, 3.63) is 38.5 Å². The Balaban J connectivity index is 2.10. The second-order valence-corrected chi connectivity index (χ2v) is 7.32. The van der Waals surface area contributed by atoms with Crippen molar-refractivity contribution >= 4 is 22.7 Å². The number of aromatic nitrogens is 1. The third-order valence-electron chi connectivity index (χ3n) is 3.66. The first-order valence-electron chi connectivity index (χ1n) is 7.44. The molecule has 0 amide bonds. The summed E-state index contributed by atoms with van der Waals surface area (Å²) < 4.78 is 0. The summed E-state index contributed by atoms with van der Waals surface area (Å²) in [4.78, 5) is 7.07. The van der Waals surface area contributed by atoms with E-state index in [0.717, 1.165) is 24.5 Å². The fraction of sp³-hybridized carbons (Fsp3) is 0.562. The summed E-state index contributed by atoms with van der Waals surface area (Å²) in [6, 6.07) is 2.35. The average molecular weight is 325 g/mol. The van der Waals surface area contributed by atoms with Crippen LogP contribution < -0.4 is 0 Å². The van der Waals surface area contributed by atoms with Crippen LogP contribution >= 0.6 is 22.7 Å². The molecule has 2 rings (SSSR count). The summed E-state index contributed by atoms with van der Waals surface area (Å²) in [6.45, 7) is 8.35. The van der Waals surface area contributed by atoms with Gasteiger partial charge in [0.1, 0.15) is 5.01 Å². The van der Waals surface area contributed by atoms with E-state index in [2.05, 4.69) is 47.9 Å². The van der Waals surface area contributed by atoms with Gasteiger partial charge >= 0.3 is 0 Å². The van der Waals surface area contributed by atoms with Crippen molar-refractivity contribution in [2.24, 2.45) is 0 Å². The minimum absolute atomic E-state index is 0.191. The lowest BCUT2D eigenvalue weighted by Crippen LogP contribution is -2.36. The molecule has 1 unspecified atom stereocenters. The lowest BCUT2D eigenvalue weighted by atomic mass is 10.1.